The van der Waals surface area contributed by atoms with E-state index in [1.165, 1.54) is 10.5 Å². The normalized spacial score (nSPS) is 18.6. The van der Waals surface area contributed by atoms with Gasteiger partial charge in [0.2, 0.25) is 0 Å². The number of carbonyl (C=O) groups excluding carboxylic acids is 1. The number of hydrogen-bond donors (Lipinski definition) is 0. The van der Waals surface area contributed by atoms with Crippen molar-refractivity contribution in [2.45, 2.75) is 45.6 Å². The van der Waals surface area contributed by atoms with Gasteiger partial charge in [0.1, 0.15) is 0 Å². The lowest BCUT2D eigenvalue weighted by Gasteiger charge is -2.22. The Morgan fingerprint density at radius 3 is 2.59 bits per heavy atom. The van der Waals surface area contributed by atoms with Crippen LogP contribution in [0.1, 0.15) is 47.9 Å². The van der Waals surface area contributed by atoms with E-state index in [2.05, 4.69) is 29.4 Å². The molecular weight excluding hydrogens is 364 g/mol. The highest BCUT2D eigenvalue weighted by atomic mass is 32.2. The van der Waals surface area contributed by atoms with Crippen LogP contribution < -0.4 is 0 Å². The Morgan fingerprint density at radius 2 is 2.00 bits per heavy atom. The van der Waals surface area contributed by atoms with Gasteiger partial charge >= 0.3 is 0 Å². The van der Waals surface area contributed by atoms with Crippen LogP contribution in [-0.2, 0) is 16.3 Å². The van der Waals surface area contributed by atoms with E-state index in [9.17, 15) is 13.2 Å². The van der Waals surface area contributed by atoms with E-state index < -0.39 is 9.84 Å². The summed E-state index contributed by atoms with van der Waals surface area (Å²) in [6.45, 7) is 3.97. The second-order valence-electron chi connectivity index (χ2n) is 7.18. The van der Waals surface area contributed by atoms with Crippen molar-refractivity contribution in [2.75, 3.05) is 18.6 Å². The van der Waals surface area contributed by atoms with E-state index in [-0.39, 0.29) is 29.1 Å². The highest BCUT2D eigenvalue weighted by Gasteiger charge is 2.34. The number of amides is 1. The van der Waals surface area contributed by atoms with Crippen LogP contribution in [0.15, 0.2) is 24.3 Å². The lowest BCUT2D eigenvalue weighted by Crippen LogP contribution is -2.38. The maximum Gasteiger partial charge on any atom is 0.276 e. The number of nitrogens with zero attached hydrogens (tertiary/aromatic N) is 4. The quantitative estimate of drug-likeness (QED) is 0.755. The molecular formula is C19H26N4O3S. The van der Waals surface area contributed by atoms with Crippen molar-refractivity contribution in [3.8, 4) is 5.69 Å². The Balaban J connectivity index is 1.77. The van der Waals surface area contributed by atoms with Crippen LogP contribution in [0.5, 0.6) is 0 Å². The summed E-state index contributed by atoms with van der Waals surface area (Å²) in [5.74, 6) is -0.145. The van der Waals surface area contributed by atoms with Crippen LogP contribution in [-0.4, -0.2) is 58.8 Å². The van der Waals surface area contributed by atoms with Gasteiger partial charge in [-0.1, -0.05) is 30.7 Å². The zero-order valence-electron chi connectivity index (χ0n) is 16.1. The number of aromatic nitrogens is 3. The lowest BCUT2D eigenvalue weighted by molar-refractivity contribution is 0.0741. The number of sulfone groups is 1. The smallest absolute Gasteiger partial charge is 0.276 e. The molecule has 2 aromatic rings. The van der Waals surface area contributed by atoms with Gasteiger partial charge in [0.05, 0.1) is 22.9 Å². The van der Waals surface area contributed by atoms with Gasteiger partial charge in [0.15, 0.2) is 15.5 Å². The number of unbranched alkanes of at least 4 members (excludes halogenated alkanes) is 1. The van der Waals surface area contributed by atoms with Crippen molar-refractivity contribution in [2.24, 2.45) is 0 Å². The Morgan fingerprint density at radius 1 is 1.30 bits per heavy atom. The van der Waals surface area contributed by atoms with E-state index in [1.54, 1.807) is 18.7 Å². The third-order valence-electron chi connectivity index (χ3n) is 5.17. The topological polar surface area (TPSA) is 85.2 Å². The van der Waals surface area contributed by atoms with Crippen molar-refractivity contribution < 1.29 is 13.2 Å². The average molecular weight is 391 g/mol. The zero-order chi connectivity index (χ0) is 19.6. The van der Waals surface area contributed by atoms with Gasteiger partial charge < -0.3 is 4.90 Å². The molecule has 1 aromatic heterocycles. The molecule has 0 saturated carbocycles. The van der Waals surface area contributed by atoms with Crippen LogP contribution in [0, 0.1) is 6.92 Å². The van der Waals surface area contributed by atoms with Gasteiger partial charge in [0.25, 0.3) is 5.91 Å². The first kappa shape index (κ1) is 19.5. The summed E-state index contributed by atoms with van der Waals surface area (Å²) in [6.07, 6.45) is 3.83. The molecule has 0 spiro atoms. The second-order valence-corrected chi connectivity index (χ2v) is 9.41. The molecule has 1 unspecified atom stereocenters. The summed E-state index contributed by atoms with van der Waals surface area (Å²) >= 11 is 0. The predicted molar refractivity (Wildman–Crippen MR) is 104 cm³/mol. The van der Waals surface area contributed by atoms with E-state index in [0.29, 0.717) is 12.1 Å². The first-order valence-corrected chi connectivity index (χ1v) is 11.1. The van der Waals surface area contributed by atoms with Crippen LogP contribution >= 0.6 is 0 Å². The van der Waals surface area contributed by atoms with E-state index >= 15 is 0 Å². The molecule has 0 bridgehead atoms. The molecule has 0 N–H and O–H groups in total. The Labute approximate surface area is 160 Å². The van der Waals surface area contributed by atoms with Crippen LogP contribution in [0.4, 0.5) is 0 Å². The number of hydrogen-bond acceptors (Lipinski definition) is 5. The SMILES string of the molecule is CCCCc1ccc(-n2nnc(C(=O)N(C)C3CCS(=O)(=O)C3)c2C)cc1. The van der Waals surface area contributed by atoms with Crippen molar-refractivity contribution in [1.82, 2.24) is 19.9 Å². The standard InChI is InChI=1S/C19H26N4O3S/c1-4-5-6-15-7-9-16(10-8-15)23-14(2)18(20-21-23)19(24)22(3)17-11-12-27(25,26)13-17/h7-10,17H,4-6,11-13H2,1-3H3. The second kappa shape index (κ2) is 7.80. The predicted octanol–water partition coefficient (Wildman–Crippen LogP) is 2.18. The average Bonchev–Trinajstić information content (AvgIpc) is 3.21. The highest BCUT2D eigenvalue weighted by Crippen LogP contribution is 2.20. The molecule has 1 amide bonds. The molecule has 146 valence electrons. The minimum atomic E-state index is -3.05. The fraction of sp³-hybridized carbons (Fsp3) is 0.526. The molecule has 0 aliphatic carbocycles. The molecule has 1 aliphatic heterocycles. The fourth-order valence-electron chi connectivity index (χ4n) is 3.37. The van der Waals surface area contributed by atoms with Crippen molar-refractivity contribution in [1.29, 1.82) is 0 Å². The zero-order valence-corrected chi connectivity index (χ0v) is 16.9. The van der Waals surface area contributed by atoms with Gasteiger partial charge in [0, 0.05) is 13.1 Å². The molecule has 1 aliphatic rings. The van der Waals surface area contributed by atoms with E-state index in [1.807, 2.05) is 12.1 Å². The van der Waals surface area contributed by atoms with Gasteiger partial charge in [-0.05, 0) is 43.9 Å². The fourth-order valence-corrected chi connectivity index (χ4v) is 5.14. The monoisotopic (exact) mass is 390 g/mol. The summed E-state index contributed by atoms with van der Waals surface area (Å²) in [6, 6.07) is 7.80. The third kappa shape index (κ3) is 4.21. The molecule has 1 aromatic carbocycles. The lowest BCUT2D eigenvalue weighted by atomic mass is 10.1. The Hall–Kier alpha value is -2.22. The van der Waals surface area contributed by atoms with Crippen LogP contribution in [0.2, 0.25) is 0 Å². The maximum absolute atomic E-state index is 12.8. The van der Waals surface area contributed by atoms with Gasteiger partial charge in [-0.25, -0.2) is 13.1 Å². The number of rotatable bonds is 6. The molecule has 0 radical (unpaired) electrons. The summed E-state index contributed by atoms with van der Waals surface area (Å²) in [5.41, 5.74) is 3.04. The number of carbonyl (C=O) groups is 1. The summed E-state index contributed by atoms with van der Waals surface area (Å²) < 4.78 is 25.0. The van der Waals surface area contributed by atoms with Gasteiger partial charge in [-0.2, -0.15) is 0 Å². The molecule has 1 atom stereocenters. The number of benzene rings is 1. The summed E-state index contributed by atoms with van der Waals surface area (Å²) in [5, 5.41) is 8.20. The highest BCUT2D eigenvalue weighted by molar-refractivity contribution is 7.91. The summed E-state index contributed by atoms with van der Waals surface area (Å²) in [7, 11) is -1.42. The third-order valence-corrected chi connectivity index (χ3v) is 6.92. The first-order chi connectivity index (χ1) is 12.8. The van der Waals surface area contributed by atoms with Gasteiger partial charge in [-0.15, -0.1) is 5.10 Å². The minimum Gasteiger partial charge on any atom is -0.336 e. The van der Waals surface area contributed by atoms with E-state index in [0.717, 1.165) is 24.9 Å². The molecule has 1 saturated heterocycles. The van der Waals surface area contributed by atoms with E-state index in [4.69, 9.17) is 0 Å². The molecule has 1 fully saturated rings. The Kier molecular flexibility index (Phi) is 5.64. The minimum absolute atomic E-state index is 0.0155. The molecule has 2 heterocycles. The van der Waals surface area contributed by atoms with Crippen molar-refractivity contribution in [3.63, 3.8) is 0 Å². The molecule has 8 heteroatoms. The number of aryl methyl sites for hydroxylation is 1. The molecule has 27 heavy (non-hydrogen) atoms. The largest absolute Gasteiger partial charge is 0.336 e. The molecule has 3 rings (SSSR count). The van der Waals surface area contributed by atoms with Crippen LogP contribution in [0.3, 0.4) is 0 Å². The van der Waals surface area contributed by atoms with Crippen LogP contribution in [0.25, 0.3) is 5.69 Å². The Bertz CT molecular complexity index is 919. The van der Waals surface area contributed by atoms with Gasteiger partial charge in [-0.3, -0.25) is 4.79 Å². The summed E-state index contributed by atoms with van der Waals surface area (Å²) in [4.78, 5) is 14.3. The maximum atomic E-state index is 12.8. The molecule has 7 nitrogen and oxygen atoms in total. The van der Waals surface area contributed by atoms with Crippen molar-refractivity contribution >= 4 is 15.7 Å². The van der Waals surface area contributed by atoms with Crippen molar-refractivity contribution in [3.05, 3.63) is 41.2 Å². The first-order valence-electron chi connectivity index (χ1n) is 9.31.